The van der Waals surface area contributed by atoms with Crippen LogP contribution in [0.5, 0.6) is 5.75 Å². The SMILES string of the molecule is CCCCCCCCCCC(CC)CC(CCCCCCCCCC)CCc1ccc(O)cc1. The minimum Gasteiger partial charge on any atom is -0.508 e. The van der Waals surface area contributed by atoms with Crippen LogP contribution in [0.4, 0.5) is 0 Å². The topological polar surface area (TPSA) is 20.2 Å². The average Bonchev–Trinajstić information content (AvgIpc) is 2.85. The molecule has 0 spiro atoms. The van der Waals surface area contributed by atoms with Crippen LogP contribution in [-0.2, 0) is 6.42 Å². The lowest BCUT2D eigenvalue weighted by Crippen LogP contribution is -2.10. The zero-order chi connectivity index (χ0) is 24.7. The molecule has 0 fully saturated rings. The second kappa shape index (κ2) is 22.5. The highest BCUT2D eigenvalue weighted by molar-refractivity contribution is 5.25. The Kier molecular flexibility index (Phi) is 20.5. The highest BCUT2D eigenvalue weighted by atomic mass is 16.3. The highest BCUT2D eigenvalue weighted by Gasteiger charge is 2.16. The van der Waals surface area contributed by atoms with Gasteiger partial charge in [-0.1, -0.05) is 155 Å². The average molecular weight is 473 g/mol. The summed E-state index contributed by atoms with van der Waals surface area (Å²) in [4.78, 5) is 0. The Bertz CT molecular complexity index is 534. The van der Waals surface area contributed by atoms with Crippen LogP contribution in [0.25, 0.3) is 0 Å². The normalized spacial score (nSPS) is 13.3. The number of aromatic hydroxyl groups is 1. The molecule has 2 atom stereocenters. The first-order valence-corrected chi connectivity index (χ1v) is 15.5. The minimum absolute atomic E-state index is 0.385. The van der Waals surface area contributed by atoms with Crippen LogP contribution >= 0.6 is 0 Å². The molecule has 0 bridgehead atoms. The molecule has 34 heavy (non-hydrogen) atoms. The summed E-state index contributed by atoms with van der Waals surface area (Å²) in [7, 11) is 0. The minimum atomic E-state index is 0.385. The van der Waals surface area contributed by atoms with Gasteiger partial charge in [0.2, 0.25) is 0 Å². The Morgan fingerprint density at radius 1 is 0.529 bits per heavy atom. The van der Waals surface area contributed by atoms with E-state index in [-0.39, 0.29) is 0 Å². The van der Waals surface area contributed by atoms with E-state index >= 15 is 0 Å². The van der Waals surface area contributed by atoms with Gasteiger partial charge in [0.05, 0.1) is 0 Å². The molecule has 0 amide bonds. The largest absolute Gasteiger partial charge is 0.508 e. The van der Waals surface area contributed by atoms with E-state index in [9.17, 15) is 5.11 Å². The van der Waals surface area contributed by atoms with Crippen LogP contribution in [0.1, 0.15) is 161 Å². The Labute approximate surface area is 214 Å². The molecule has 0 heterocycles. The standard InChI is InChI=1S/C33H60O/c1-4-7-9-11-13-15-17-19-21-30(6-3)29-32(22-20-18-16-14-12-10-8-5-2)24-23-31-25-27-33(34)28-26-31/h25-28,30,32,34H,4-24,29H2,1-3H3. The van der Waals surface area contributed by atoms with Crippen molar-refractivity contribution >= 4 is 0 Å². The molecule has 0 aliphatic heterocycles. The van der Waals surface area contributed by atoms with Crippen molar-refractivity contribution in [2.45, 2.75) is 162 Å². The van der Waals surface area contributed by atoms with Crippen molar-refractivity contribution in [1.29, 1.82) is 0 Å². The first-order valence-electron chi connectivity index (χ1n) is 15.5. The Morgan fingerprint density at radius 3 is 1.44 bits per heavy atom. The van der Waals surface area contributed by atoms with E-state index in [1.54, 1.807) is 0 Å². The maximum absolute atomic E-state index is 9.59. The molecule has 1 heteroatoms. The molecule has 1 aromatic carbocycles. The van der Waals surface area contributed by atoms with Gasteiger partial charge in [0.25, 0.3) is 0 Å². The smallest absolute Gasteiger partial charge is 0.115 e. The summed E-state index contributed by atoms with van der Waals surface area (Å²) >= 11 is 0. The van der Waals surface area contributed by atoms with E-state index < -0.39 is 0 Å². The molecule has 1 rings (SSSR count). The fourth-order valence-corrected chi connectivity index (χ4v) is 5.51. The molecule has 2 unspecified atom stereocenters. The van der Waals surface area contributed by atoms with Crippen molar-refractivity contribution in [3.8, 4) is 5.75 Å². The van der Waals surface area contributed by atoms with Crippen molar-refractivity contribution in [1.82, 2.24) is 0 Å². The fourth-order valence-electron chi connectivity index (χ4n) is 5.51. The highest BCUT2D eigenvalue weighted by Crippen LogP contribution is 2.29. The molecule has 198 valence electrons. The predicted molar refractivity (Wildman–Crippen MR) is 153 cm³/mol. The van der Waals surface area contributed by atoms with Crippen molar-refractivity contribution < 1.29 is 5.11 Å². The van der Waals surface area contributed by atoms with Gasteiger partial charge in [-0.15, -0.1) is 0 Å². The van der Waals surface area contributed by atoms with Crippen LogP contribution < -0.4 is 0 Å². The Hall–Kier alpha value is -0.980. The van der Waals surface area contributed by atoms with Crippen LogP contribution in [0.3, 0.4) is 0 Å². The summed E-state index contributed by atoms with van der Waals surface area (Å²) in [6.45, 7) is 7.02. The van der Waals surface area contributed by atoms with Gasteiger partial charge in [-0.25, -0.2) is 0 Å². The van der Waals surface area contributed by atoms with Gasteiger partial charge in [0.1, 0.15) is 5.75 Å². The fraction of sp³-hybridized carbons (Fsp3) is 0.818. The maximum atomic E-state index is 9.59. The number of phenols is 1. The summed E-state index contributed by atoms with van der Waals surface area (Å²) in [6, 6.07) is 7.92. The molecule has 0 aliphatic rings. The molecule has 0 aliphatic carbocycles. The van der Waals surface area contributed by atoms with Gasteiger partial charge in [-0.2, -0.15) is 0 Å². The number of phenolic OH excluding ortho intramolecular Hbond substituents is 1. The lowest BCUT2D eigenvalue weighted by atomic mass is 9.83. The number of hydrogen-bond acceptors (Lipinski definition) is 1. The third-order valence-corrected chi connectivity index (χ3v) is 7.95. The van der Waals surface area contributed by atoms with Gasteiger partial charge in [0.15, 0.2) is 0 Å². The number of benzene rings is 1. The van der Waals surface area contributed by atoms with Gasteiger partial charge < -0.3 is 5.11 Å². The van der Waals surface area contributed by atoms with Crippen LogP contribution in [-0.4, -0.2) is 5.11 Å². The number of unbranched alkanes of at least 4 members (excludes halogenated alkanes) is 14. The summed E-state index contributed by atoms with van der Waals surface area (Å²) in [5, 5.41) is 9.59. The molecule has 1 N–H and O–H groups in total. The zero-order valence-corrected chi connectivity index (χ0v) is 23.5. The third kappa shape index (κ3) is 17.5. The molecular formula is C33H60O. The van der Waals surface area contributed by atoms with E-state index in [1.807, 2.05) is 12.1 Å². The van der Waals surface area contributed by atoms with Gasteiger partial charge >= 0.3 is 0 Å². The number of aryl methyl sites for hydroxylation is 1. The van der Waals surface area contributed by atoms with Crippen LogP contribution in [0.2, 0.25) is 0 Å². The van der Waals surface area contributed by atoms with Crippen molar-refractivity contribution in [3.05, 3.63) is 29.8 Å². The lowest BCUT2D eigenvalue weighted by molar-refractivity contribution is 0.300. The van der Waals surface area contributed by atoms with Crippen LogP contribution in [0, 0.1) is 11.8 Å². The summed E-state index contributed by atoms with van der Waals surface area (Å²) in [6.07, 6.45) is 30.9. The van der Waals surface area contributed by atoms with E-state index in [4.69, 9.17) is 0 Å². The first-order chi connectivity index (χ1) is 16.7. The van der Waals surface area contributed by atoms with Crippen molar-refractivity contribution in [2.75, 3.05) is 0 Å². The number of hydrogen-bond donors (Lipinski definition) is 1. The summed E-state index contributed by atoms with van der Waals surface area (Å²) < 4.78 is 0. The van der Waals surface area contributed by atoms with Crippen molar-refractivity contribution in [3.63, 3.8) is 0 Å². The van der Waals surface area contributed by atoms with Crippen LogP contribution in [0.15, 0.2) is 24.3 Å². The van der Waals surface area contributed by atoms with Gasteiger partial charge in [-0.3, -0.25) is 0 Å². The molecule has 0 saturated carbocycles. The quantitative estimate of drug-likeness (QED) is 0.148. The lowest BCUT2D eigenvalue weighted by Gasteiger charge is -2.23. The second-order valence-corrected chi connectivity index (χ2v) is 11.1. The Balaban J connectivity index is 2.36. The van der Waals surface area contributed by atoms with E-state index in [1.165, 1.54) is 140 Å². The monoisotopic (exact) mass is 472 g/mol. The molecule has 0 saturated heterocycles. The molecule has 0 radical (unpaired) electrons. The second-order valence-electron chi connectivity index (χ2n) is 11.1. The molecule has 0 aromatic heterocycles. The van der Waals surface area contributed by atoms with E-state index in [2.05, 4.69) is 32.9 Å². The van der Waals surface area contributed by atoms with E-state index in [0.717, 1.165) is 18.3 Å². The predicted octanol–water partition coefficient (Wildman–Crippen LogP) is 11.4. The molecule has 1 aromatic rings. The number of rotatable bonds is 24. The van der Waals surface area contributed by atoms with Gasteiger partial charge in [-0.05, 0) is 48.8 Å². The maximum Gasteiger partial charge on any atom is 0.115 e. The zero-order valence-electron chi connectivity index (χ0n) is 23.5. The molecule has 1 nitrogen and oxygen atoms in total. The van der Waals surface area contributed by atoms with Crippen molar-refractivity contribution in [2.24, 2.45) is 11.8 Å². The Morgan fingerprint density at radius 2 is 0.971 bits per heavy atom. The van der Waals surface area contributed by atoms with Gasteiger partial charge in [0, 0.05) is 0 Å². The molecular weight excluding hydrogens is 412 g/mol. The summed E-state index contributed by atoms with van der Waals surface area (Å²) in [5.41, 5.74) is 1.38. The summed E-state index contributed by atoms with van der Waals surface area (Å²) in [5.74, 6) is 2.17. The first kappa shape index (κ1) is 31.1. The van der Waals surface area contributed by atoms with E-state index in [0.29, 0.717) is 5.75 Å². The third-order valence-electron chi connectivity index (χ3n) is 7.95.